The molecule has 0 aromatic carbocycles. The lowest BCUT2D eigenvalue weighted by Crippen LogP contribution is -2.54. The number of primary amides is 1. The number of urea groups is 1. The molecule has 104 valence electrons. The maximum Gasteiger partial charge on any atom is 0.326 e. The lowest BCUT2D eigenvalue weighted by molar-refractivity contribution is -0.139. The molecule has 0 aliphatic heterocycles. The molecule has 0 aliphatic carbocycles. The van der Waals surface area contributed by atoms with Crippen molar-refractivity contribution < 1.29 is 24.6 Å². The van der Waals surface area contributed by atoms with Gasteiger partial charge in [0.2, 0.25) is 5.91 Å². The number of rotatable bonds is 7. The van der Waals surface area contributed by atoms with Crippen LogP contribution in [0.1, 0.15) is 20.3 Å². The topological polar surface area (TPSA) is 142 Å². The second kappa shape index (κ2) is 7.49. The van der Waals surface area contributed by atoms with Crippen LogP contribution < -0.4 is 16.4 Å². The third kappa shape index (κ3) is 5.48. The molecular formula is C10H19N3O5. The zero-order chi connectivity index (χ0) is 14.3. The highest BCUT2D eigenvalue weighted by molar-refractivity contribution is 5.88. The lowest BCUT2D eigenvalue weighted by Gasteiger charge is -2.21. The highest BCUT2D eigenvalue weighted by Crippen LogP contribution is 2.00. The van der Waals surface area contributed by atoms with Gasteiger partial charge in [-0.15, -0.1) is 0 Å². The van der Waals surface area contributed by atoms with Crippen LogP contribution in [-0.2, 0) is 9.59 Å². The van der Waals surface area contributed by atoms with Crippen molar-refractivity contribution in [1.29, 1.82) is 0 Å². The molecule has 0 aromatic heterocycles. The van der Waals surface area contributed by atoms with Gasteiger partial charge in [0, 0.05) is 13.0 Å². The molecule has 18 heavy (non-hydrogen) atoms. The Morgan fingerprint density at radius 3 is 2.11 bits per heavy atom. The molecule has 0 radical (unpaired) electrons. The van der Waals surface area contributed by atoms with Crippen LogP contribution >= 0.6 is 0 Å². The minimum atomic E-state index is -1.26. The largest absolute Gasteiger partial charge is 0.480 e. The molecule has 0 aliphatic rings. The van der Waals surface area contributed by atoms with Crippen molar-refractivity contribution in [3.63, 3.8) is 0 Å². The van der Waals surface area contributed by atoms with E-state index in [1.165, 1.54) is 0 Å². The molecule has 8 nitrogen and oxygen atoms in total. The van der Waals surface area contributed by atoms with Gasteiger partial charge in [0.15, 0.2) is 0 Å². The first kappa shape index (κ1) is 16.2. The molecule has 0 fully saturated rings. The summed E-state index contributed by atoms with van der Waals surface area (Å²) in [6, 6.07) is -2.90. The first-order chi connectivity index (χ1) is 8.29. The van der Waals surface area contributed by atoms with Crippen molar-refractivity contribution >= 4 is 17.9 Å². The van der Waals surface area contributed by atoms with Gasteiger partial charge in [-0.3, -0.25) is 4.79 Å². The molecule has 0 saturated carbocycles. The normalized spacial score (nSPS) is 13.8. The number of hydrogen-bond acceptors (Lipinski definition) is 4. The Labute approximate surface area is 105 Å². The standard InChI is InChI=1S/C10H19N3O5/c1-5(2)7(8(11)15)13-10(18)12-6(3-4-14)9(16)17/h5-7,14H,3-4H2,1-2H3,(H2,11,15)(H,16,17)(H2,12,13,18)/t6-,7?/m1/s1. The van der Waals surface area contributed by atoms with Crippen molar-refractivity contribution in [3.05, 3.63) is 0 Å². The van der Waals surface area contributed by atoms with Gasteiger partial charge in [-0.25, -0.2) is 9.59 Å². The summed E-state index contributed by atoms with van der Waals surface area (Å²) in [7, 11) is 0. The van der Waals surface area contributed by atoms with Crippen molar-refractivity contribution in [2.75, 3.05) is 6.61 Å². The third-order valence-corrected chi connectivity index (χ3v) is 2.28. The second-order valence-corrected chi connectivity index (χ2v) is 4.14. The van der Waals surface area contributed by atoms with Gasteiger partial charge in [0.1, 0.15) is 12.1 Å². The van der Waals surface area contributed by atoms with Crippen molar-refractivity contribution in [1.82, 2.24) is 10.6 Å². The Hall–Kier alpha value is -1.83. The fourth-order valence-corrected chi connectivity index (χ4v) is 1.29. The molecule has 3 amide bonds. The van der Waals surface area contributed by atoms with Crippen LogP contribution in [0.2, 0.25) is 0 Å². The van der Waals surface area contributed by atoms with Gasteiger partial charge in [-0.2, -0.15) is 0 Å². The number of nitrogens with one attached hydrogen (secondary N) is 2. The van der Waals surface area contributed by atoms with Gasteiger partial charge >= 0.3 is 12.0 Å². The number of hydrogen-bond donors (Lipinski definition) is 5. The van der Waals surface area contributed by atoms with E-state index in [1.807, 2.05) is 0 Å². The van der Waals surface area contributed by atoms with E-state index < -0.39 is 30.0 Å². The van der Waals surface area contributed by atoms with Crippen molar-refractivity contribution in [3.8, 4) is 0 Å². The van der Waals surface area contributed by atoms with Crippen molar-refractivity contribution in [2.45, 2.75) is 32.4 Å². The number of carbonyl (C=O) groups is 3. The molecule has 0 aromatic rings. The number of aliphatic carboxylic acids is 1. The van der Waals surface area contributed by atoms with Crippen LogP contribution in [0.4, 0.5) is 4.79 Å². The Morgan fingerprint density at radius 2 is 1.78 bits per heavy atom. The van der Waals surface area contributed by atoms with E-state index in [0.29, 0.717) is 0 Å². The van der Waals surface area contributed by atoms with E-state index in [2.05, 4.69) is 10.6 Å². The van der Waals surface area contributed by atoms with Gasteiger partial charge in [-0.1, -0.05) is 13.8 Å². The zero-order valence-corrected chi connectivity index (χ0v) is 10.3. The Morgan fingerprint density at radius 1 is 1.22 bits per heavy atom. The molecule has 6 N–H and O–H groups in total. The smallest absolute Gasteiger partial charge is 0.326 e. The van der Waals surface area contributed by atoms with E-state index >= 15 is 0 Å². The third-order valence-electron chi connectivity index (χ3n) is 2.28. The number of carboxylic acids is 1. The van der Waals surface area contributed by atoms with Crippen LogP contribution in [0.25, 0.3) is 0 Å². The fraction of sp³-hybridized carbons (Fsp3) is 0.700. The average molecular weight is 261 g/mol. The predicted molar refractivity (Wildman–Crippen MR) is 62.6 cm³/mol. The van der Waals surface area contributed by atoms with Crippen LogP contribution in [-0.4, -0.2) is 46.8 Å². The Balaban J connectivity index is 4.47. The molecule has 2 atom stereocenters. The Kier molecular flexibility index (Phi) is 6.73. The van der Waals surface area contributed by atoms with E-state index in [4.69, 9.17) is 15.9 Å². The van der Waals surface area contributed by atoms with E-state index in [9.17, 15) is 14.4 Å². The Bertz CT molecular complexity index is 319. The summed E-state index contributed by atoms with van der Waals surface area (Å²) in [6.07, 6.45) is -0.119. The average Bonchev–Trinajstić information content (AvgIpc) is 2.24. The maximum atomic E-state index is 11.5. The van der Waals surface area contributed by atoms with E-state index in [0.717, 1.165) is 0 Å². The minimum Gasteiger partial charge on any atom is -0.480 e. The van der Waals surface area contributed by atoms with Crippen LogP contribution in [0.5, 0.6) is 0 Å². The highest BCUT2D eigenvalue weighted by atomic mass is 16.4. The summed E-state index contributed by atoms with van der Waals surface area (Å²) in [4.78, 5) is 33.3. The van der Waals surface area contributed by atoms with E-state index in [1.54, 1.807) is 13.8 Å². The lowest BCUT2D eigenvalue weighted by atomic mass is 10.0. The molecule has 0 saturated heterocycles. The summed E-state index contributed by atoms with van der Waals surface area (Å²) < 4.78 is 0. The SMILES string of the molecule is CC(C)C(NC(=O)N[C@H](CCO)C(=O)O)C(N)=O. The molecule has 1 unspecified atom stereocenters. The fourth-order valence-electron chi connectivity index (χ4n) is 1.29. The minimum absolute atomic E-state index is 0.119. The number of carboxylic acid groups (broad SMARTS) is 1. The van der Waals surface area contributed by atoms with Crippen molar-refractivity contribution in [2.24, 2.45) is 11.7 Å². The highest BCUT2D eigenvalue weighted by Gasteiger charge is 2.24. The number of aliphatic hydroxyl groups is 1. The molecule has 0 spiro atoms. The summed E-state index contributed by atoms with van der Waals surface area (Å²) in [6.45, 7) is 3.01. The molecule has 0 bridgehead atoms. The number of aliphatic hydroxyl groups excluding tert-OH is 1. The quantitative estimate of drug-likeness (QED) is 0.384. The first-order valence-corrected chi connectivity index (χ1v) is 5.49. The first-order valence-electron chi connectivity index (χ1n) is 5.49. The summed E-state index contributed by atoms with van der Waals surface area (Å²) >= 11 is 0. The van der Waals surface area contributed by atoms with Gasteiger partial charge in [0.25, 0.3) is 0 Å². The van der Waals surface area contributed by atoms with Gasteiger partial charge < -0.3 is 26.6 Å². The van der Waals surface area contributed by atoms with E-state index in [-0.39, 0.29) is 18.9 Å². The summed E-state index contributed by atoms with van der Waals surface area (Å²) in [5, 5.41) is 21.8. The second-order valence-electron chi connectivity index (χ2n) is 4.14. The number of nitrogens with two attached hydrogens (primary N) is 1. The molecule has 0 rings (SSSR count). The monoisotopic (exact) mass is 261 g/mol. The molecular weight excluding hydrogens is 242 g/mol. The number of carbonyl (C=O) groups excluding carboxylic acids is 2. The van der Waals surface area contributed by atoms with Crippen LogP contribution in [0, 0.1) is 5.92 Å². The zero-order valence-electron chi connectivity index (χ0n) is 10.3. The van der Waals surface area contributed by atoms with Crippen LogP contribution in [0.15, 0.2) is 0 Å². The number of amides is 3. The summed E-state index contributed by atoms with van der Waals surface area (Å²) in [5.74, 6) is -2.18. The predicted octanol–water partition coefficient (Wildman–Crippen LogP) is -1.37. The summed E-state index contributed by atoms with van der Waals surface area (Å²) in [5.41, 5.74) is 5.10. The maximum absolute atomic E-state index is 11.5. The van der Waals surface area contributed by atoms with Gasteiger partial charge in [-0.05, 0) is 5.92 Å². The van der Waals surface area contributed by atoms with Crippen LogP contribution in [0.3, 0.4) is 0 Å². The van der Waals surface area contributed by atoms with Gasteiger partial charge in [0.05, 0.1) is 0 Å². The molecule has 0 heterocycles. The molecule has 8 heteroatoms.